The number of sulfonamides is 1. The Bertz CT molecular complexity index is 2380. The van der Waals surface area contributed by atoms with E-state index in [0.29, 0.717) is 46.2 Å². The van der Waals surface area contributed by atoms with Gasteiger partial charge in [0, 0.05) is 36.2 Å². The fourth-order valence-corrected chi connectivity index (χ4v) is 7.34. The molecule has 2 aromatic heterocycles. The van der Waals surface area contributed by atoms with Gasteiger partial charge in [0.05, 0.1) is 35.8 Å². The Morgan fingerprint density at radius 1 is 1.00 bits per heavy atom. The van der Waals surface area contributed by atoms with Crippen molar-refractivity contribution in [3.63, 3.8) is 0 Å². The van der Waals surface area contributed by atoms with Gasteiger partial charge in [0.25, 0.3) is 5.91 Å². The number of aromatic nitrogens is 1. The number of carbonyl (C=O) groups excluding carboxylic acids is 1. The van der Waals surface area contributed by atoms with E-state index in [1.807, 2.05) is 0 Å². The van der Waals surface area contributed by atoms with E-state index in [4.69, 9.17) is 13.6 Å². The van der Waals surface area contributed by atoms with Gasteiger partial charge in [-0.2, -0.15) is 0 Å². The molecule has 2 heterocycles. The van der Waals surface area contributed by atoms with Crippen LogP contribution in [-0.4, -0.2) is 57.0 Å². The van der Waals surface area contributed by atoms with Gasteiger partial charge in [0.1, 0.15) is 28.4 Å². The van der Waals surface area contributed by atoms with Crippen LogP contribution >= 0.6 is 0 Å². The van der Waals surface area contributed by atoms with E-state index < -0.39 is 33.2 Å². The molecule has 1 aliphatic rings. The molecule has 0 radical (unpaired) electrons. The second kappa shape index (κ2) is 12.6. The third-order valence-corrected chi connectivity index (χ3v) is 10.4. The summed E-state index contributed by atoms with van der Waals surface area (Å²) >= 11 is 0. The Labute approximate surface area is 286 Å². The van der Waals surface area contributed by atoms with Gasteiger partial charge in [-0.25, -0.2) is 22.2 Å². The van der Waals surface area contributed by atoms with Crippen LogP contribution in [0.1, 0.15) is 36.0 Å². The molecule has 0 saturated heterocycles. The van der Waals surface area contributed by atoms with Crippen LogP contribution in [-0.2, 0) is 10.0 Å². The molecule has 10 nitrogen and oxygen atoms in total. The molecule has 2 N–H and O–H groups in total. The lowest BCUT2D eigenvalue weighted by Crippen LogP contribution is -2.42. The minimum Gasteiger partial charge on any atom is -0.496 e. The first-order valence-corrected chi connectivity index (χ1v) is 17.8. The summed E-state index contributed by atoms with van der Waals surface area (Å²) in [6.07, 6.45) is 3.26. The highest BCUT2D eigenvalue weighted by Gasteiger charge is 2.36. The Balaban J connectivity index is 1.49. The van der Waals surface area contributed by atoms with Crippen molar-refractivity contribution in [3.8, 4) is 39.7 Å². The van der Waals surface area contributed by atoms with Crippen molar-refractivity contribution in [2.45, 2.75) is 31.3 Å². The number of nitrogens with zero attached hydrogens (tertiary/aromatic N) is 2. The van der Waals surface area contributed by atoms with E-state index >= 15 is 0 Å². The molecule has 1 saturated carbocycles. The van der Waals surface area contributed by atoms with E-state index in [-0.39, 0.29) is 52.6 Å². The molecule has 0 spiro atoms. The number of carbonyl (C=O) groups is 1. The highest BCUT2D eigenvalue weighted by atomic mass is 32.2. The highest BCUT2D eigenvalue weighted by Crippen LogP contribution is 2.45. The Kier molecular flexibility index (Phi) is 8.35. The molecule has 1 amide bonds. The summed E-state index contributed by atoms with van der Waals surface area (Å²) in [5.74, 6) is -0.894. The molecule has 258 valence electrons. The minimum atomic E-state index is -3.94. The number of ether oxygens (including phenoxy) is 1. The monoisotopic (exact) mass is 701 g/mol. The zero-order valence-electron chi connectivity index (χ0n) is 27.4. The number of anilines is 1. The molecular weight excluding hydrogens is 668 g/mol. The number of methoxy groups -OCH3 is 1. The molecule has 0 atom stereocenters. The first-order valence-electron chi connectivity index (χ1n) is 15.9. The number of para-hydroxylation sites is 1. The number of furan rings is 1. The van der Waals surface area contributed by atoms with Gasteiger partial charge in [-0.15, -0.1) is 0 Å². The van der Waals surface area contributed by atoms with E-state index in [1.165, 1.54) is 54.9 Å². The van der Waals surface area contributed by atoms with E-state index in [1.54, 1.807) is 36.4 Å². The number of halogens is 2. The third kappa shape index (κ3) is 5.96. The van der Waals surface area contributed by atoms with E-state index in [9.17, 15) is 27.1 Å². The maximum Gasteiger partial charge on any atom is 0.255 e. The SMILES string of the molecule is CNC(=O)c1c(-c2ccc(F)cc2)oc2cc(N(CCC3(O)CCC3)S(C)(=O)=O)c(-c3ccc(OC)c(-c4nc5c(F)cccc5o4)c3)cc12. The number of amides is 1. The highest BCUT2D eigenvalue weighted by molar-refractivity contribution is 7.92. The van der Waals surface area contributed by atoms with Crippen molar-refractivity contribution >= 4 is 43.7 Å². The summed E-state index contributed by atoms with van der Waals surface area (Å²) in [5, 5.41) is 13.9. The molecule has 6 aromatic rings. The molecule has 1 aliphatic carbocycles. The average Bonchev–Trinajstić information content (AvgIpc) is 3.69. The molecule has 13 heteroatoms. The number of nitrogens with one attached hydrogen (secondary N) is 1. The first kappa shape index (κ1) is 33.2. The van der Waals surface area contributed by atoms with Gasteiger partial charge >= 0.3 is 0 Å². The fraction of sp³-hybridized carbons (Fsp3) is 0.243. The van der Waals surface area contributed by atoms with Crippen LogP contribution in [0.5, 0.6) is 5.75 Å². The number of rotatable bonds is 10. The Hall–Kier alpha value is -5.27. The third-order valence-electron chi connectivity index (χ3n) is 9.21. The number of oxazole rings is 1. The summed E-state index contributed by atoms with van der Waals surface area (Å²) in [5.41, 5.74) is 1.58. The van der Waals surface area contributed by atoms with Crippen LogP contribution in [0.15, 0.2) is 81.6 Å². The molecular formula is C37H33F2N3O7S. The van der Waals surface area contributed by atoms with Crippen LogP contribution < -0.4 is 14.4 Å². The lowest BCUT2D eigenvalue weighted by molar-refractivity contribution is -0.0376. The quantitative estimate of drug-likeness (QED) is 0.152. The van der Waals surface area contributed by atoms with Crippen molar-refractivity contribution in [1.82, 2.24) is 10.3 Å². The number of aliphatic hydroxyl groups is 1. The molecule has 50 heavy (non-hydrogen) atoms. The summed E-state index contributed by atoms with van der Waals surface area (Å²) in [6, 6.07) is 18.1. The normalized spacial score (nSPS) is 14.1. The Morgan fingerprint density at radius 3 is 2.38 bits per heavy atom. The van der Waals surface area contributed by atoms with Gasteiger partial charge in [-0.05, 0) is 85.8 Å². The maximum absolute atomic E-state index is 14.6. The predicted octanol–water partition coefficient (Wildman–Crippen LogP) is 7.29. The summed E-state index contributed by atoms with van der Waals surface area (Å²) in [6.45, 7) is -0.0327. The first-order chi connectivity index (χ1) is 23.9. The molecule has 0 aliphatic heterocycles. The van der Waals surface area contributed by atoms with Crippen molar-refractivity contribution in [1.29, 1.82) is 0 Å². The zero-order chi connectivity index (χ0) is 35.4. The second-order valence-corrected chi connectivity index (χ2v) is 14.3. The fourth-order valence-electron chi connectivity index (χ4n) is 6.41. The lowest BCUT2D eigenvalue weighted by Gasteiger charge is -2.38. The molecule has 0 bridgehead atoms. The minimum absolute atomic E-state index is 0.0327. The molecule has 0 unspecified atom stereocenters. The van der Waals surface area contributed by atoms with Gasteiger partial charge in [-0.3, -0.25) is 9.10 Å². The van der Waals surface area contributed by atoms with Crippen molar-refractivity contribution in [2.75, 3.05) is 31.3 Å². The zero-order valence-corrected chi connectivity index (χ0v) is 28.2. The predicted molar refractivity (Wildman–Crippen MR) is 186 cm³/mol. The average molecular weight is 702 g/mol. The largest absolute Gasteiger partial charge is 0.496 e. The van der Waals surface area contributed by atoms with Crippen LogP contribution in [0.4, 0.5) is 14.5 Å². The summed E-state index contributed by atoms with van der Waals surface area (Å²) in [4.78, 5) is 17.8. The van der Waals surface area contributed by atoms with Gasteiger partial charge in [0.15, 0.2) is 11.4 Å². The van der Waals surface area contributed by atoms with Crippen LogP contribution in [0, 0.1) is 11.6 Å². The second-order valence-electron chi connectivity index (χ2n) is 12.4. The summed E-state index contributed by atoms with van der Waals surface area (Å²) < 4.78 is 74.5. The number of hydrogen-bond acceptors (Lipinski definition) is 8. The smallest absolute Gasteiger partial charge is 0.255 e. The van der Waals surface area contributed by atoms with E-state index in [0.717, 1.165) is 12.7 Å². The number of fused-ring (bicyclic) bond motifs is 2. The lowest BCUT2D eigenvalue weighted by atomic mass is 9.78. The van der Waals surface area contributed by atoms with Crippen molar-refractivity contribution in [2.24, 2.45) is 0 Å². The Morgan fingerprint density at radius 2 is 1.74 bits per heavy atom. The number of hydrogen-bond donors (Lipinski definition) is 2. The maximum atomic E-state index is 14.6. The van der Waals surface area contributed by atoms with Crippen LogP contribution in [0.2, 0.25) is 0 Å². The van der Waals surface area contributed by atoms with Crippen LogP contribution in [0.3, 0.4) is 0 Å². The standard InChI is InChI=1S/C37H33F2N3O7S/c1-40-35(43)32-25-19-24(22-10-13-29(47-2)26(18-22)36-41-33-27(39)6-4-7-30(33)49-36)28(42(50(3,45)46)17-16-37(44)14-5-15-37)20-31(25)48-34(32)21-8-11-23(38)12-9-21/h4,6-13,18-20,44H,5,14-17H2,1-3H3,(H,40,43). The van der Waals surface area contributed by atoms with Crippen molar-refractivity contribution < 1.29 is 40.7 Å². The van der Waals surface area contributed by atoms with E-state index in [2.05, 4.69) is 10.3 Å². The van der Waals surface area contributed by atoms with Crippen molar-refractivity contribution in [3.05, 3.63) is 90.0 Å². The number of benzene rings is 4. The molecule has 7 rings (SSSR count). The van der Waals surface area contributed by atoms with Gasteiger partial charge in [-0.1, -0.05) is 12.1 Å². The molecule has 1 fully saturated rings. The van der Waals surface area contributed by atoms with Crippen LogP contribution in [0.25, 0.3) is 56.0 Å². The topological polar surface area (TPSA) is 135 Å². The van der Waals surface area contributed by atoms with Gasteiger partial charge < -0.3 is 24.0 Å². The van der Waals surface area contributed by atoms with Gasteiger partial charge in [0.2, 0.25) is 15.9 Å². The molecule has 4 aromatic carbocycles. The summed E-state index contributed by atoms with van der Waals surface area (Å²) in [7, 11) is -1.00.